The Bertz CT molecular complexity index is 653. The minimum absolute atomic E-state index is 0.311. The molecule has 6 heteroatoms. The van der Waals surface area contributed by atoms with Crippen LogP contribution in [0, 0.1) is 0 Å². The van der Waals surface area contributed by atoms with Crippen molar-refractivity contribution in [3.05, 3.63) is 35.4 Å². The van der Waals surface area contributed by atoms with Gasteiger partial charge < -0.3 is 18.9 Å². The second-order valence-electron chi connectivity index (χ2n) is 10.3. The predicted molar refractivity (Wildman–Crippen MR) is 153 cm³/mol. The van der Waals surface area contributed by atoms with Gasteiger partial charge in [-0.05, 0) is 36.8 Å². The predicted octanol–water partition coefficient (Wildman–Crippen LogP) is 7.39. The van der Waals surface area contributed by atoms with Crippen molar-refractivity contribution in [2.24, 2.45) is 0 Å². The van der Waals surface area contributed by atoms with Crippen molar-refractivity contribution in [3.8, 4) is 0 Å². The fourth-order valence-electron chi connectivity index (χ4n) is 4.31. The van der Waals surface area contributed by atoms with Crippen molar-refractivity contribution < 1.29 is 28.5 Å². The average Bonchev–Trinajstić information content (AvgIpc) is 2.93. The van der Waals surface area contributed by atoms with E-state index in [9.17, 15) is 9.59 Å². The van der Waals surface area contributed by atoms with E-state index < -0.39 is 11.6 Å². The molecule has 0 bridgehead atoms. The van der Waals surface area contributed by atoms with Crippen LogP contribution in [0.1, 0.15) is 116 Å². The third-order valence-corrected chi connectivity index (χ3v) is 6.63. The zero-order valence-corrected chi connectivity index (χ0v) is 24.6. The summed E-state index contributed by atoms with van der Waals surface area (Å²) in [5, 5.41) is 0. The van der Waals surface area contributed by atoms with E-state index in [1.165, 1.54) is 0 Å². The molecule has 6 nitrogen and oxygen atoms in total. The fourth-order valence-corrected chi connectivity index (χ4v) is 4.31. The molecule has 1 aromatic carbocycles. The Labute approximate surface area is 232 Å². The van der Waals surface area contributed by atoms with E-state index in [-0.39, 0.29) is 0 Å². The topological polar surface area (TPSA) is 71.1 Å². The van der Waals surface area contributed by atoms with E-state index in [1.807, 2.05) is 24.3 Å². The van der Waals surface area contributed by atoms with Gasteiger partial charge in [0.05, 0.1) is 26.4 Å². The first kappa shape index (κ1) is 34.4. The summed E-state index contributed by atoms with van der Waals surface area (Å²) in [6.45, 7) is 10.5. The smallest absolute Gasteiger partial charge is 0.229 e. The van der Waals surface area contributed by atoms with Crippen molar-refractivity contribution in [1.29, 1.82) is 0 Å². The maximum absolute atomic E-state index is 12.3. The Morgan fingerprint density at radius 3 is 1.13 bits per heavy atom. The highest BCUT2D eigenvalue weighted by molar-refractivity contribution is 5.62. The van der Waals surface area contributed by atoms with Crippen LogP contribution in [0.15, 0.2) is 24.3 Å². The quantitative estimate of drug-likeness (QED) is 0.0701. The Kier molecular flexibility index (Phi) is 19.3. The summed E-state index contributed by atoms with van der Waals surface area (Å²) in [6, 6.07) is 7.89. The van der Waals surface area contributed by atoms with E-state index in [0.29, 0.717) is 39.3 Å². The minimum Gasteiger partial charge on any atom is -0.344 e. The SMILES string of the molecule is CCCCCOC(C=O)(Cc1cccc(CC(C=O)(OCCCCC)OCCCCC)c1)OCCCCC. The molecule has 0 fully saturated rings. The molecular formula is C32H54O6. The number of carbonyl (C=O) groups excluding carboxylic acids is 2. The number of hydrogen-bond donors (Lipinski definition) is 0. The van der Waals surface area contributed by atoms with E-state index in [4.69, 9.17) is 18.9 Å². The standard InChI is InChI=1S/C32H54O6/c1-5-9-13-20-35-31(27-33,36-21-14-10-6-2)25-29-18-17-19-30(24-29)26-32(28-34,37-22-15-11-7-3)38-23-16-12-8-4/h17-19,24,27-28H,5-16,20-23,25-26H2,1-4H3. The molecule has 0 saturated carbocycles. The molecule has 0 heterocycles. The molecule has 0 aliphatic rings. The first-order chi connectivity index (χ1) is 18.5. The number of aldehydes is 2. The van der Waals surface area contributed by atoms with Crippen LogP contribution < -0.4 is 0 Å². The van der Waals surface area contributed by atoms with Crippen LogP contribution in [-0.2, 0) is 41.4 Å². The third kappa shape index (κ3) is 14.0. The van der Waals surface area contributed by atoms with Crippen LogP contribution in [-0.4, -0.2) is 50.6 Å². The van der Waals surface area contributed by atoms with Gasteiger partial charge in [-0.15, -0.1) is 0 Å². The largest absolute Gasteiger partial charge is 0.344 e. The van der Waals surface area contributed by atoms with Crippen molar-refractivity contribution in [2.45, 2.75) is 129 Å². The Morgan fingerprint density at radius 1 is 0.553 bits per heavy atom. The fraction of sp³-hybridized carbons (Fsp3) is 0.750. The molecule has 1 aromatic rings. The van der Waals surface area contributed by atoms with Gasteiger partial charge in [-0.2, -0.15) is 0 Å². The molecule has 218 valence electrons. The third-order valence-electron chi connectivity index (χ3n) is 6.63. The molecule has 38 heavy (non-hydrogen) atoms. The van der Waals surface area contributed by atoms with Crippen LogP contribution in [0.25, 0.3) is 0 Å². The molecular weight excluding hydrogens is 480 g/mol. The molecule has 0 radical (unpaired) electrons. The van der Waals surface area contributed by atoms with Crippen LogP contribution in [0.2, 0.25) is 0 Å². The van der Waals surface area contributed by atoms with Crippen molar-refractivity contribution >= 4 is 12.6 Å². The van der Waals surface area contributed by atoms with Gasteiger partial charge in [0.25, 0.3) is 0 Å². The summed E-state index contributed by atoms with van der Waals surface area (Å²) in [6.07, 6.45) is 14.3. The number of hydrogen-bond acceptors (Lipinski definition) is 6. The second-order valence-corrected chi connectivity index (χ2v) is 10.3. The Morgan fingerprint density at radius 2 is 0.868 bits per heavy atom. The minimum atomic E-state index is -1.31. The molecule has 0 aromatic heterocycles. The molecule has 0 N–H and O–H groups in total. The number of unbranched alkanes of at least 4 members (excludes halogenated alkanes) is 8. The van der Waals surface area contributed by atoms with Gasteiger partial charge in [0.1, 0.15) is 0 Å². The lowest BCUT2D eigenvalue weighted by Gasteiger charge is -2.30. The van der Waals surface area contributed by atoms with E-state index >= 15 is 0 Å². The maximum Gasteiger partial charge on any atom is 0.229 e. The summed E-state index contributed by atoms with van der Waals surface area (Å²) < 4.78 is 24.3. The van der Waals surface area contributed by atoms with E-state index in [2.05, 4.69) is 27.7 Å². The van der Waals surface area contributed by atoms with Gasteiger partial charge in [-0.1, -0.05) is 103 Å². The molecule has 1 rings (SSSR count). The van der Waals surface area contributed by atoms with Gasteiger partial charge in [0.2, 0.25) is 11.6 Å². The summed E-state index contributed by atoms with van der Waals surface area (Å²) in [5.41, 5.74) is 1.83. The highest BCUT2D eigenvalue weighted by Gasteiger charge is 2.34. The summed E-state index contributed by atoms with van der Waals surface area (Å²) >= 11 is 0. The lowest BCUT2D eigenvalue weighted by Crippen LogP contribution is -2.42. The highest BCUT2D eigenvalue weighted by Crippen LogP contribution is 2.24. The van der Waals surface area contributed by atoms with Gasteiger partial charge in [-0.25, -0.2) is 0 Å². The van der Waals surface area contributed by atoms with Gasteiger partial charge in [-0.3, -0.25) is 9.59 Å². The van der Waals surface area contributed by atoms with Crippen molar-refractivity contribution in [3.63, 3.8) is 0 Å². The highest BCUT2D eigenvalue weighted by atomic mass is 16.7. The lowest BCUT2D eigenvalue weighted by atomic mass is 9.99. The number of rotatable bonds is 26. The molecule has 0 spiro atoms. The molecule has 0 atom stereocenters. The van der Waals surface area contributed by atoms with Crippen LogP contribution in [0.4, 0.5) is 0 Å². The molecule has 0 amide bonds. The normalized spacial score (nSPS) is 12.1. The monoisotopic (exact) mass is 534 g/mol. The van der Waals surface area contributed by atoms with Gasteiger partial charge in [0, 0.05) is 12.8 Å². The zero-order valence-electron chi connectivity index (χ0n) is 24.6. The van der Waals surface area contributed by atoms with Crippen molar-refractivity contribution in [1.82, 2.24) is 0 Å². The Hall–Kier alpha value is -1.60. The average molecular weight is 535 g/mol. The van der Waals surface area contributed by atoms with E-state index in [0.717, 1.165) is 101 Å². The number of carbonyl (C=O) groups is 2. The second kappa shape index (κ2) is 21.2. The number of ether oxygens (including phenoxy) is 4. The summed E-state index contributed by atoms with van der Waals surface area (Å²) in [7, 11) is 0. The molecule has 0 saturated heterocycles. The number of benzene rings is 1. The molecule has 0 aliphatic heterocycles. The van der Waals surface area contributed by atoms with Crippen molar-refractivity contribution in [2.75, 3.05) is 26.4 Å². The summed E-state index contributed by atoms with van der Waals surface area (Å²) in [4.78, 5) is 24.7. The lowest BCUT2D eigenvalue weighted by molar-refractivity contribution is -0.220. The first-order valence-corrected chi connectivity index (χ1v) is 15.1. The maximum atomic E-state index is 12.3. The Balaban J connectivity index is 3.06. The van der Waals surface area contributed by atoms with Gasteiger partial charge >= 0.3 is 0 Å². The van der Waals surface area contributed by atoms with E-state index in [1.54, 1.807) is 0 Å². The van der Waals surface area contributed by atoms with Crippen LogP contribution in [0.5, 0.6) is 0 Å². The summed E-state index contributed by atoms with van der Waals surface area (Å²) in [5.74, 6) is -2.62. The zero-order chi connectivity index (χ0) is 28.0. The van der Waals surface area contributed by atoms with Gasteiger partial charge in [0.15, 0.2) is 12.6 Å². The first-order valence-electron chi connectivity index (χ1n) is 15.1. The van der Waals surface area contributed by atoms with Crippen LogP contribution >= 0.6 is 0 Å². The van der Waals surface area contributed by atoms with Crippen LogP contribution in [0.3, 0.4) is 0 Å². The molecule has 0 aliphatic carbocycles. The molecule has 0 unspecified atom stereocenters.